The Hall–Kier alpha value is -3.02. The number of nitrogens with one attached hydrogen (secondary N) is 1. The molecule has 3 rings (SSSR count). The number of para-hydroxylation sites is 1. The molecule has 0 aromatic heterocycles. The van der Waals surface area contributed by atoms with Gasteiger partial charge in [-0.05, 0) is 77.9 Å². The van der Waals surface area contributed by atoms with E-state index in [9.17, 15) is 10.1 Å². The fraction of sp³-hybridized carbons (Fsp3) is 0.154. The first-order chi connectivity index (χ1) is 15.9. The number of anilines is 1. The molecule has 0 unspecified atom stereocenters. The highest BCUT2D eigenvalue weighted by Crippen LogP contribution is 2.35. The SMILES string of the molecule is CCOc1cc(/C=C(\C#N)C(=O)Nc2ccccc2Cl)cc(I)c1OCc1ccc(C)cc1. The summed E-state index contributed by atoms with van der Waals surface area (Å²) in [6, 6.07) is 20.5. The van der Waals surface area contributed by atoms with Crippen molar-refractivity contribution >= 4 is 51.9 Å². The van der Waals surface area contributed by atoms with Gasteiger partial charge in [0, 0.05) is 0 Å². The highest BCUT2D eigenvalue weighted by Gasteiger charge is 2.15. The summed E-state index contributed by atoms with van der Waals surface area (Å²) in [6.45, 7) is 4.77. The number of carbonyl (C=O) groups excluding carboxylic acids is 1. The number of rotatable bonds is 8. The van der Waals surface area contributed by atoms with E-state index in [0.717, 1.165) is 9.13 Å². The third kappa shape index (κ3) is 6.73. The third-order valence-corrected chi connectivity index (χ3v) is 5.76. The van der Waals surface area contributed by atoms with Crippen molar-refractivity contribution in [2.24, 2.45) is 0 Å². The monoisotopic (exact) mass is 572 g/mol. The van der Waals surface area contributed by atoms with Crippen LogP contribution < -0.4 is 14.8 Å². The zero-order valence-corrected chi connectivity index (χ0v) is 21.1. The van der Waals surface area contributed by atoms with Gasteiger partial charge in [-0.15, -0.1) is 0 Å². The molecule has 1 amide bonds. The molecule has 5 nitrogen and oxygen atoms in total. The summed E-state index contributed by atoms with van der Waals surface area (Å²) >= 11 is 8.27. The topological polar surface area (TPSA) is 71.3 Å². The number of hydrogen-bond acceptors (Lipinski definition) is 4. The van der Waals surface area contributed by atoms with Gasteiger partial charge in [0.2, 0.25) is 0 Å². The van der Waals surface area contributed by atoms with Gasteiger partial charge in [0.05, 0.1) is 20.9 Å². The maximum atomic E-state index is 12.6. The number of nitriles is 1. The van der Waals surface area contributed by atoms with E-state index in [1.54, 1.807) is 30.3 Å². The zero-order chi connectivity index (χ0) is 23.8. The zero-order valence-electron chi connectivity index (χ0n) is 18.2. The minimum Gasteiger partial charge on any atom is -0.490 e. The predicted molar refractivity (Wildman–Crippen MR) is 140 cm³/mol. The molecule has 3 aromatic rings. The van der Waals surface area contributed by atoms with E-state index < -0.39 is 5.91 Å². The molecule has 0 bridgehead atoms. The van der Waals surface area contributed by atoms with Crippen molar-refractivity contribution in [2.45, 2.75) is 20.5 Å². The van der Waals surface area contributed by atoms with E-state index in [1.165, 1.54) is 11.6 Å². The molecule has 0 spiro atoms. The molecule has 0 aliphatic heterocycles. The second-order valence-electron chi connectivity index (χ2n) is 7.14. The van der Waals surface area contributed by atoms with E-state index in [2.05, 4.69) is 27.9 Å². The van der Waals surface area contributed by atoms with Gasteiger partial charge in [0.25, 0.3) is 5.91 Å². The molecule has 0 radical (unpaired) electrons. The van der Waals surface area contributed by atoms with Crippen molar-refractivity contribution in [1.29, 1.82) is 5.26 Å². The molecule has 7 heteroatoms. The van der Waals surface area contributed by atoms with E-state index in [4.69, 9.17) is 21.1 Å². The number of carbonyl (C=O) groups is 1. The van der Waals surface area contributed by atoms with E-state index in [0.29, 0.717) is 41.0 Å². The molecule has 0 fully saturated rings. The van der Waals surface area contributed by atoms with E-state index >= 15 is 0 Å². The molecule has 0 heterocycles. The van der Waals surface area contributed by atoms with Crippen LogP contribution in [0.1, 0.15) is 23.6 Å². The Morgan fingerprint density at radius 2 is 1.88 bits per heavy atom. The standard InChI is InChI=1S/C26H22ClIN2O3/c1-3-32-24-14-19(12-20(15-29)26(31)30-23-7-5-4-6-21(23)27)13-22(28)25(24)33-16-18-10-8-17(2)9-11-18/h4-14H,3,16H2,1-2H3,(H,30,31)/b20-12+. The summed E-state index contributed by atoms with van der Waals surface area (Å²) in [5, 5.41) is 12.6. The van der Waals surface area contributed by atoms with E-state index in [-0.39, 0.29) is 5.57 Å². The molecular formula is C26H22ClIN2O3. The Morgan fingerprint density at radius 3 is 2.55 bits per heavy atom. The van der Waals surface area contributed by atoms with Crippen LogP contribution in [-0.4, -0.2) is 12.5 Å². The van der Waals surface area contributed by atoms with Crippen molar-refractivity contribution in [1.82, 2.24) is 0 Å². The van der Waals surface area contributed by atoms with Crippen molar-refractivity contribution < 1.29 is 14.3 Å². The Morgan fingerprint density at radius 1 is 1.15 bits per heavy atom. The van der Waals surface area contributed by atoms with Crippen LogP contribution in [0.3, 0.4) is 0 Å². The second-order valence-corrected chi connectivity index (χ2v) is 8.71. The predicted octanol–water partition coefficient (Wildman–Crippen LogP) is 6.78. The Balaban J connectivity index is 1.85. The summed E-state index contributed by atoms with van der Waals surface area (Å²) < 4.78 is 12.7. The summed E-state index contributed by atoms with van der Waals surface area (Å²) in [5.74, 6) is 0.624. The molecule has 0 saturated carbocycles. The van der Waals surface area contributed by atoms with Crippen molar-refractivity contribution in [3.05, 3.63) is 91.5 Å². The molecular weight excluding hydrogens is 551 g/mol. The number of nitrogens with zero attached hydrogens (tertiary/aromatic N) is 1. The number of amides is 1. The van der Waals surface area contributed by atoms with Gasteiger partial charge in [-0.1, -0.05) is 53.6 Å². The number of benzene rings is 3. The molecule has 0 aliphatic rings. The van der Waals surface area contributed by atoms with Gasteiger partial charge in [-0.2, -0.15) is 5.26 Å². The normalized spacial score (nSPS) is 10.9. The maximum absolute atomic E-state index is 12.6. The van der Waals surface area contributed by atoms with Gasteiger partial charge in [-0.3, -0.25) is 4.79 Å². The average Bonchev–Trinajstić information content (AvgIpc) is 2.79. The minimum atomic E-state index is -0.543. The van der Waals surface area contributed by atoms with Gasteiger partial charge in [0.1, 0.15) is 18.2 Å². The first-order valence-electron chi connectivity index (χ1n) is 10.2. The maximum Gasteiger partial charge on any atom is 0.266 e. The summed E-state index contributed by atoms with van der Waals surface area (Å²) in [7, 11) is 0. The van der Waals surface area contributed by atoms with Crippen LogP contribution in [0.5, 0.6) is 11.5 Å². The van der Waals surface area contributed by atoms with Crippen molar-refractivity contribution in [3.8, 4) is 17.6 Å². The lowest BCUT2D eigenvalue weighted by Crippen LogP contribution is -2.13. The van der Waals surface area contributed by atoms with Crippen LogP contribution in [0.4, 0.5) is 5.69 Å². The molecule has 3 aromatic carbocycles. The average molecular weight is 573 g/mol. The Kier molecular flexibility index (Phi) is 8.75. The highest BCUT2D eigenvalue weighted by atomic mass is 127. The van der Waals surface area contributed by atoms with Crippen molar-refractivity contribution in [3.63, 3.8) is 0 Å². The quantitative estimate of drug-likeness (QED) is 0.184. The van der Waals surface area contributed by atoms with Crippen LogP contribution in [-0.2, 0) is 11.4 Å². The van der Waals surface area contributed by atoms with Crippen LogP contribution in [0.25, 0.3) is 6.08 Å². The van der Waals surface area contributed by atoms with Gasteiger partial charge in [0.15, 0.2) is 11.5 Å². The minimum absolute atomic E-state index is 0.0542. The largest absolute Gasteiger partial charge is 0.490 e. The summed E-state index contributed by atoms with van der Waals surface area (Å²) in [5.41, 5.74) is 3.27. The third-order valence-electron chi connectivity index (χ3n) is 4.63. The lowest BCUT2D eigenvalue weighted by molar-refractivity contribution is -0.112. The van der Waals surface area contributed by atoms with Gasteiger partial charge in [-0.25, -0.2) is 0 Å². The van der Waals surface area contributed by atoms with Crippen LogP contribution in [0.2, 0.25) is 5.02 Å². The number of ether oxygens (including phenoxy) is 2. The first kappa shape index (κ1) is 24.6. The first-order valence-corrected chi connectivity index (χ1v) is 11.7. The molecule has 168 valence electrons. The smallest absolute Gasteiger partial charge is 0.266 e. The Labute approximate surface area is 212 Å². The number of halogens is 2. The van der Waals surface area contributed by atoms with Crippen LogP contribution in [0, 0.1) is 21.8 Å². The molecule has 0 saturated heterocycles. The molecule has 0 atom stereocenters. The van der Waals surface area contributed by atoms with Crippen molar-refractivity contribution in [2.75, 3.05) is 11.9 Å². The van der Waals surface area contributed by atoms with Gasteiger partial charge < -0.3 is 14.8 Å². The summed E-state index contributed by atoms with van der Waals surface area (Å²) in [6.07, 6.45) is 1.51. The lowest BCUT2D eigenvalue weighted by atomic mass is 10.1. The van der Waals surface area contributed by atoms with E-state index in [1.807, 2.05) is 50.2 Å². The second kappa shape index (κ2) is 11.7. The van der Waals surface area contributed by atoms with Crippen LogP contribution in [0.15, 0.2) is 66.2 Å². The number of aryl methyl sites for hydroxylation is 1. The lowest BCUT2D eigenvalue weighted by Gasteiger charge is -2.15. The summed E-state index contributed by atoms with van der Waals surface area (Å²) in [4.78, 5) is 12.6. The van der Waals surface area contributed by atoms with Gasteiger partial charge >= 0.3 is 0 Å². The molecule has 0 aliphatic carbocycles. The molecule has 1 N–H and O–H groups in total. The van der Waals surface area contributed by atoms with Crippen LogP contribution >= 0.6 is 34.2 Å². The number of hydrogen-bond donors (Lipinski definition) is 1. The molecule has 33 heavy (non-hydrogen) atoms. The fourth-order valence-electron chi connectivity index (χ4n) is 2.98. The fourth-order valence-corrected chi connectivity index (χ4v) is 3.95. The Bertz CT molecular complexity index is 1220. The highest BCUT2D eigenvalue weighted by molar-refractivity contribution is 14.1.